The van der Waals surface area contributed by atoms with Crippen LogP contribution in [0, 0.1) is 0 Å². The maximum Gasteiger partial charge on any atom is 0.235 e. The van der Waals surface area contributed by atoms with E-state index in [0.29, 0.717) is 5.95 Å². The number of hydrogen-bond acceptors (Lipinski definition) is 2. The van der Waals surface area contributed by atoms with E-state index in [1.54, 1.807) is 0 Å². The summed E-state index contributed by atoms with van der Waals surface area (Å²) < 4.78 is 4.74. The van der Waals surface area contributed by atoms with Crippen molar-refractivity contribution >= 4 is 76.1 Å². The van der Waals surface area contributed by atoms with Gasteiger partial charge in [-0.15, -0.1) is 0 Å². The predicted octanol–water partition coefficient (Wildman–Crippen LogP) is 15.1. The Balaban J connectivity index is 1.05. The zero-order chi connectivity index (χ0) is 40.7. The van der Waals surface area contributed by atoms with Gasteiger partial charge in [-0.2, -0.15) is 0 Å². The van der Waals surface area contributed by atoms with Gasteiger partial charge in [0.2, 0.25) is 5.95 Å². The number of benzene rings is 10. The molecule has 3 heterocycles. The average molecular weight is 789 g/mol. The van der Waals surface area contributed by atoms with Crippen LogP contribution in [0.1, 0.15) is 0 Å². The molecular formula is C58H36N4. The summed E-state index contributed by atoms with van der Waals surface area (Å²) in [6, 6.07) is 78.6. The van der Waals surface area contributed by atoms with E-state index in [1.807, 2.05) is 6.07 Å². The lowest BCUT2D eigenvalue weighted by Gasteiger charge is -2.15. The van der Waals surface area contributed by atoms with Crippen LogP contribution in [0.2, 0.25) is 0 Å². The summed E-state index contributed by atoms with van der Waals surface area (Å²) in [7, 11) is 0. The van der Waals surface area contributed by atoms with E-state index in [-0.39, 0.29) is 0 Å². The maximum atomic E-state index is 5.39. The molecule has 0 amide bonds. The SMILES string of the molecule is c1ccc(-c2nc(-n3c4ccc(-c5ccc6c7ccccc7n(-c7ccc(-c8ccccc8)c8ccccc78)c6c5)cc4c4ccc5ccccc5c43)nc3ccccc23)cc1. The van der Waals surface area contributed by atoms with Gasteiger partial charge in [-0.05, 0) is 69.4 Å². The van der Waals surface area contributed by atoms with Gasteiger partial charge in [0, 0.05) is 43.3 Å². The summed E-state index contributed by atoms with van der Waals surface area (Å²) in [6.07, 6.45) is 0. The highest BCUT2D eigenvalue weighted by molar-refractivity contribution is 6.19. The van der Waals surface area contributed by atoms with Gasteiger partial charge in [0.1, 0.15) is 0 Å². The zero-order valence-electron chi connectivity index (χ0n) is 33.6. The largest absolute Gasteiger partial charge is 0.309 e. The quantitative estimate of drug-likeness (QED) is 0.174. The fourth-order valence-corrected chi connectivity index (χ4v) is 9.91. The Morgan fingerprint density at radius 3 is 1.76 bits per heavy atom. The molecule has 0 bridgehead atoms. The molecule has 10 aromatic carbocycles. The van der Waals surface area contributed by atoms with Crippen molar-refractivity contribution in [3.63, 3.8) is 0 Å². The highest BCUT2D eigenvalue weighted by atomic mass is 15.2. The Hall–Kier alpha value is -8.34. The molecule has 3 aromatic heterocycles. The van der Waals surface area contributed by atoms with Crippen LogP contribution in [0.3, 0.4) is 0 Å². The standard InChI is InChI=1S/C58H36N4/c1-3-15-37(16-4-1)42-32-34-53(45-22-10-9-21-44(42)45)61-52-26-14-12-23-46(52)47-30-28-41(36-55(47)61)40-29-33-54-50(35-40)48-31-27-38-17-7-8-20-43(38)57(48)62(54)58-59-51-25-13-11-24-49(51)56(60-58)39-18-5-2-6-19-39/h1-36H. The minimum absolute atomic E-state index is 0.656. The van der Waals surface area contributed by atoms with Gasteiger partial charge < -0.3 is 4.57 Å². The molecule has 13 rings (SSSR count). The van der Waals surface area contributed by atoms with E-state index in [2.05, 4.69) is 221 Å². The Bertz CT molecular complexity index is 3920. The lowest BCUT2D eigenvalue weighted by atomic mass is 9.97. The van der Waals surface area contributed by atoms with Crippen molar-refractivity contribution in [2.24, 2.45) is 0 Å². The van der Waals surface area contributed by atoms with Crippen molar-refractivity contribution in [3.8, 4) is 45.1 Å². The van der Waals surface area contributed by atoms with Crippen LogP contribution in [-0.4, -0.2) is 19.1 Å². The van der Waals surface area contributed by atoms with Gasteiger partial charge in [0.05, 0.1) is 39.0 Å². The molecule has 0 saturated heterocycles. The second-order valence-electron chi connectivity index (χ2n) is 16.1. The summed E-state index contributed by atoms with van der Waals surface area (Å²) in [4.78, 5) is 10.7. The van der Waals surface area contributed by atoms with Crippen LogP contribution >= 0.6 is 0 Å². The van der Waals surface area contributed by atoms with Crippen molar-refractivity contribution in [1.82, 2.24) is 19.1 Å². The maximum absolute atomic E-state index is 5.39. The van der Waals surface area contributed by atoms with Crippen LogP contribution in [0.15, 0.2) is 218 Å². The molecule has 288 valence electrons. The first-order valence-electron chi connectivity index (χ1n) is 21.2. The average Bonchev–Trinajstić information content (AvgIpc) is 3.86. The Morgan fingerprint density at radius 1 is 0.306 bits per heavy atom. The number of nitrogens with zero attached hydrogens (tertiary/aromatic N) is 4. The summed E-state index contributed by atoms with van der Waals surface area (Å²) in [5, 5.41) is 10.6. The molecule has 0 aliphatic heterocycles. The predicted molar refractivity (Wildman–Crippen MR) is 260 cm³/mol. The summed E-state index contributed by atoms with van der Waals surface area (Å²) in [5.74, 6) is 0.656. The first-order chi connectivity index (χ1) is 30.8. The molecule has 0 N–H and O–H groups in total. The molecule has 0 aliphatic rings. The van der Waals surface area contributed by atoms with Crippen molar-refractivity contribution in [3.05, 3.63) is 218 Å². The van der Waals surface area contributed by atoms with Crippen molar-refractivity contribution in [2.75, 3.05) is 0 Å². The Morgan fingerprint density at radius 2 is 0.919 bits per heavy atom. The van der Waals surface area contributed by atoms with Crippen molar-refractivity contribution < 1.29 is 0 Å². The first kappa shape index (κ1) is 34.5. The van der Waals surface area contributed by atoms with Crippen LogP contribution in [-0.2, 0) is 0 Å². The van der Waals surface area contributed by atoms with Crippen LogP contribution in [0.4, 0.5) is 0 Å². The van der Waals surface area contributed by atoms with E-state index in [1.165, 1.54) is 60.2 Å². The molecule has 0 fully saturated rings. The molecule has 4 nitrogen and oxygen atoms in total. The third-order valence-electron chi connectivity index (χ3n) is 12.7. The van der Waals surface area contributed by atoms with Crippen molar-refractivity contribution in [2.45, 2.75) is 0 Å². The van der Waals surface area contributed by atoms with Gasteiger partial charge in [-0.3, -0.25) is 4.57 Å². The molecule has 0 spiro atoms. The number of hydrogen-bond donors (Lipinski definition) is 0. The minimum atomic E-state index is 0.656. The summed E-state index contributed by atoms with van der Waals surface area (Å²) >= 11 is 0. The van der Waals surface area contributed by atoms with Crippen LogP contribution in [0.25, 0.3) is 121 Å². The van der Waals surface area contributed by atoms with Gasteiger partial charge in [-0.1, -0.05) is 182 Å². The number of aromatic nitrogens is 4. The molecule has 0 saturated carbocycles. The highest BCUT2D eigenvalue weighted by Crippen LogP contribution is 2.42. The van der Waals surface area contributed by atoms with Gasteiger partial charge in [-0.25, -0.2) is 9.97 Å². The second-order valence-corrected chi connectivity index (χ2v) is 16.1. The zero-order valence-corrected chi connectivity index (χ0v) is 33.6. The Kier molecular flexibility index (Phi) is 7.57. The molecule has 0 radical (unpaired) electrons. The monoisotopic (exact) mass is 788 g/mol. The number of fused-ring (bicyclic) bond motifs is 10. The molecule has 62 heavy (non-hydrogen) atoms. The molecule has 0 aliphatic carbocycles. The number of para-hydroxylation sites is 2. The minimum Gasteiger partial charge on any atom is -0.309 e. The van der Waals surface area contributed by atoms with Gasteiger partial charge in [0.25, 0.3) is 0 Å². The smallest absolute Gasteiger partial charge is 0.235 e. The molecule has 0 unspecified atom stereocenters. The molecule has 0 atom stereocenters. The normalized spacial score (nSPS) is 11.9. The van der Waals surface area contributed by atoms with Gasteiger partial charge >= 0.3 is 0 Å². The van der Waals surface area contributed by atoms with E-state index in [0.717, 1.165) is 55.1 Å². The fraction of sp³-hybridized carbons (Fsp3) is 0. The van der Waals surface area contributed by atoms with Crippen molar-refractivity contribution in [1.29, 1.82) is 0 Å². The molecule has 13 aromatic rings. The Labute approximate surface area is 357 Å². The lowest BCUT2D eigenvalue weighted by molar-refractivity contribution is 1.02. The molecule has 4 heteroatoms. The third-order valence-corrected chi connectivity index (χ3v) is 12.7. The highest BCUT2D eigenvalue weighted by Gasteiger charge is 2.21. The third kappa shape index (κ3) is 5.20. The van der Waals surface area contributed by atoms with Crippen LogP contribution < -0.4 is 0 Å². The molecular weight excluding hydrogens is 753 g/mol. The van der Waals surface area contributed by atoms with E-state index in [4.69, 9.17) is 9.97 Å². The summed E-state index contributed by atoms with van der Waals surface area (Å²) in [6.45, 7) is 0. The summed E-state index contributed by atoms with van der Waals surface area (Å²) in [5.41, 5.74) is 13.3. The first-order valence-corrected chi connectivity index (χ1v) is 21.2. The van der Waals surface area contributed by atoms with E-state index in [9.17, 15) is 0 Å². The number of rotatable bonds is 5. The van der Waals surface area contributed by atoms with E-state index < -0.39 is 0 Å². The fourth-order valence-electron chi connectivity index (χ4n) is 9.91. The topological polar surface area (TPSA) is 35.6 Å². The lowest BCUT2D eigenvalue weighted by Crippen LogP contribution is -2.03. The second kappa shape index (κ2) is 13.6. The van der Waals surface area contributed by atoms with E-state index >= 15 is 0 Å². The van der Waals surface area contributed by atoms with Crippen LogP contribution in [0.5, 0.6) is 0 Å². The van der Waals surface area contributed by atoms with Gasteiger partial charge in [0.15, 0.2) is 0 Å².